The van der Waals surface area contributed by atoms with Crippen LogP contribution < -0.4 is 10.5 Å². The molecule has 20 heavy (non-hydrogen) atoms. The van der Waals surface area contributed by atoms with Crippen LogP contribution in [0.3, 0.4) is 0 Å². The van der Waals surface area contributed by atoms with Crippen LogP contribution in [-0.4, -0.2) is 30.4 Å². The molecule has 1 unspecified atom stereocenters. The van der Waals surface area contributed by atoms with Gasteiger partial charge >= 0.3 is 0 Å². The topological polar surface area (TPSA) is 72.6 Å². The first-order chi connectivity index (χ1) is 9.52. The number of hydrogen-bond acceptors (Lipinski definition) is 4. The van der Waals surface area contributed by atoms with Gasteiger partial charge in [-0.1, -0.05) is 17.7 Å². The van der Waals surface area contributed by atoms with Gasteiger partial charge < -0.3 is 10.5 Å². The molecule has 1 aliphatic rings. The molecule has 5 heteroatoms. The fourth-order valence-corrected chi connectivity index (χ4v) is 2.44. The maximum absolute atomic E-state index is 11.8. The van der Waals surface area contributed by atoms with E-state index in [9.17, 15) is 9.59 Å². The number of nitrogens with zero attached hydrogens (tertiary/aromatic N) is 1. The molecule has 0 aliphatic carbocycles. The quantitative estimate of drug-likeness (QED) is 0.847. The number of ether oxygens (including phenoxy) is 1. The molecule has 0 aromatic heterocycles. The summed E-state index contributed by atoms with van der Waals surface area (Å²) < 4.78 is 5.30. The lowest BCUT2D eigenvalue weighted by Crippen LogP contribution is -2.44. The molecule has 1 atom stereocenters. The van der Waals surface area contributed by atoms with Gasteiger partial charge in [-0.3, -0.25) is 14.5 Å². The Balaban J connectivity index is 2.19. The van der Waals surface area contributed by atoms with Crippen LogP contribution in [0.15, 0.2) is 18.2 Å². The molecule has 1 aliphatic heterocycles. The lowest BCUT2D eigenvalue weighted by atomic mass is 10.0. The summed E-state index contributed by atoms with van der Waals surface area (Å²) in [6.45, 7) is 2.17. The van der Waals surface area contributed by atoms with E-state index in [2.05, 4.69) is 0 Å². The van der Waals surface area contributed by atoms with Crippen LogP contribution in [0.4, 0.5) is 0 Å². The monoisotopic (exact) mass is 276 g/mol. The number of imide groups is 1. The number of likely N-dealkylation sites (tertiary alicyclic amines) is 1. The first-order valence-corrected chi connectivity index (χ1v) is 6.76. The van der Waals surface area contributed by atoms with Gasteiger partial charge in [-0.05, 0) is 19.4 Å². The number of carbonyl (C=O) groups excluding carboxylic acids is 2. The number of nitrogens with two attached hydrogens (primary N) is 1. The van der Waals surface area contributed by atoms with Crippen molar-refractivity contribution in [1.29, 1.82) is 0 Å². The average molecular weight is 276 g/mol. The van der Waals surface area contributed by atoms with E-state index in [1.807, 2.05) is 25.1 Å². The first-order valence-electron chi connectivity index (χ1n) is 6.76. The third kappa shape index (κ3) is 2.99. The molecule has 2 N–H and O–H groups in total. The van der Waals surface area contributed by atoms with E-state index in [-0.39, 0.29) is 18.4 Å². The zero-order valence-corrected chi connectivity index (χ0v) is 11.9. The lowest BCUT2D eigenvalue weighted by molar-refractivity contribution is -0.148. The molecule has 108 valence electrons. The molecule has 0 spiro atoms. The van der Waals surface area contributed by atoms with E-state index in [0.717, 1.165) is 11.1 Å². The lowest BCUT2D eigenvalue weighted by Gasteiger charge is -2.28. The van der Waals surface area contributed by atoms with Crippen LogP contribution in [-0.2, 0) is 9.59 Å². The fraction of sp³-hybridized carbons (Fsp3) is 0.467. The summed E-state index contributed by atoms with van der Waals surface area (Å²) in [6, 6.07) is 5.29. The van der Waals surface area contributed by atoms with Gasteiger partial charge in [0.25, 0.3) is 0 Å². The molecular formula is C15H20N2O3. The normalized spacial score (nSPS) is 17.2. The van der Waals surface area contributed by atoms with Gasteiger partial charge in [-0.2, -0.15) is 0 Å². The average Bonchev–Trinajstić information content (AvgIpc) is 2.43. The predicted octanol–water partition coefficient (Wildman–Crippen LogP) is 1.54. The minimum absolute atomic E-state index is 0.136. The number of benzene rings is 1. The second-order valence-electron chi connectivity index (χ2n) is 5.10. The van der Waals surface area contributed by atoms with Crippen molar-refractivity contribution in [2.75, 3.05) is 13.7 Å². The standard InChI is InChI=1S/C15H20N2O3/c1-10-6-7-13(20-2)11(8-10)12(16)9-17-14(18)4-3-5-15(17)19/h6-8,12H,3-5,9,16H2,1-2H3. The summed E-state index contributed by atoms with van der Waals surface area (Å²) in [5.41, 5.74) is 8.05. The number of rotatable bonds is 4. The minimum atomic E-state index is -0.434. The van der Waals surface area contributed by atoms with E-state index in [1.165, 1.54) is 4.90 Å². The molecule has 1 fully saturated rings. The van der Waals surface area contributed by atoms with E-state index in [1.54, 1.807) is 7.11 Å². The van der Waals surface area contributed by atoms with Crippen molar-refractivity contribution in [3.05, 3.63) is 29.3 Å². The predicted molar refractivity (Wildman–Crippen MR) is 75.2 cm³/mol. The number of amides is 2. The highest BCUT2D eigenvalue weighted by Gasteiger charge is 2.28. The summed E-state index contributed by atoms with van der Waals surface area (Å²) in [6.07, 6.45) is 1.48. The number of piperidine rings is 1. The van der Waals surface area contributed by atoms with Crippen molar-refractivity contribution >= 4 is 11.8 Å². The van der Waals surface area contributed by atoms with Crippen LogP contribution >= 0.6 is 0 Å². The van der Waals surface area contributed by atoms with E-state index in [4.69, 9.17) is 10.5 Å². The highest BCUT2D eigenvalue weighted by Crippen LogP contribution is 2.26. The first kappa shape index (κ1) is 14.5. The number of methoxy groups -OCH3 is 1. The molecular weight excluding hydrogens is 256 g/mol. The maximum Gasteiger partial charge on any atom is 0.229 e. The highest BCUT2D eigenvalue weighted by atomic mass is 16.5. The third-order valence-electron chi connectivity index (χ3n) is 3.55. The third-order valence-corrected chi connectivity index (χ3v) is 3.55. The van der Waals surface area contributed by atoms with Crippen molar-refractivity contribution in [3.63, 3.8) is 0 Å². The Hall–Kier alpha value is -1.88. The van der Waals surface area contributed by atoms with Crippen LogP contribution in [0.1, 0.15) is 36.4 Å². The molecule has 1 heterocycles. The van der Waals surface area contributed by atoms with Gasteiger partial charge in [-0.15, -0.1) is 0 Å². The molecule has 2 amide bonds. The Morgan fingerprint density at radius 2 is 1.95 bits per heavy atom. The van der Waals surface area contributed by atoms with Crippen molar-refractivity contribution < 1.29 is 14.3 Å². The molecule has 5 nitrogen and oxygen atoms in total. The van der Waals surface area contributed by atoms with Crippen LogP contribution in [0.25, 0.3) is 0 Å². The van der Waals surface area contributed by atoms with Crippen molar-refractivity contribution in [2.45, 2.75) is 32.2 Å². The molecule has 0 radical (unpaired) electrons. The van der Waals surface area contributed by atoms with Gasteiger partial charge in [0, 0.05) is 24.9 Å². The summed E-state index contributed by atoms with van der Waals surface area (Å²) in [4.78, 5) is 24.9. The summed E-state index contributed by atoms with van der Waals surface area (Å²) >= 11 is 0. The van der Waals surface area contributed by atoms with Gasteiger partial charge in [-0.25, -0.2) is 0 Å². The molecule has 2 rings (SSSR count). The number of hydrogen-bond donors (Lipinski definition) is 1. The van der Waals surface area contributed by atoms with Crippen molar-refractivity contribution in [3.8, 4) is 5.75 Å². The fourth-order valence-electron chi connectivity index (χ4n) is 2.44. The smallest absolute Gasteiger partial charge is 0.229 e. The van der Waals surface area contributed by atoms with Crippen molar-refractivity contribution in [1.82, 2.24) is 4.90 Å². The zero-order valence-electron chi connectivity index (χ0n) is 11.9. The zero-order chi connectivity index (χ0) is 14.7. The summed E-state index contributed by atoms with van der Waals surface area (Å²) in [7, 11) is 1.58. The number of carbonyl (C=O) groups is 2. The maximum atomic E-state index is 11.8. The highest BCUT2D eigenvalue weighted by molar-refractivity contribution is 5.97. The molecule has 0 bridgehead atoms. The SMILES string of the molecule is COc1ccc(C)cc1C(N)CN1C(=O)CCCC1=O. The Morgan fingerprint density at radius 1 is 1.30 bits per heavy atom. The van der Waals surface area contributed by atoms with Crippen LogP contribution in [0.2, 0.25) is 0 Å². The Labute approximate surface area is 118 Å². The molecule has 1 aromatic rings. The van der Waals surface area contributed by atoms with Crippen LogP contribution in [0, 0.1) is 6.92 Å². The van der Waals surface area contributed by atoms with Gasteiger partial charge in [0.05, 0.1) is 13.2 Å². The summed E-state index contributed by atoms with van der Waals surface area (Å²) in [5, 5.41) is 0. The Kier molecular flexibility index (Phi) is 4.39. The Morgan fingerprint density at radius 3 is 2.55 bits per heavy atom. The van der Waals surface area contributed by atoms with E-state index >= 15 is 0 Å². The number of aryl methyl sites for hydroxylation is 1. The minimum Gasteiger partial charge on any atom is -0.496 e. The molecule has 1 aromatic carbocycles. The van der Waals surface area contributed by atoms with Gasteiger partial charge in [0.15, 0.2) is 0 Å². The van der Waals surface area contributed by atoms with E-state index in [0.29, 0.717) is 25.0 Å². The second kappa shape index (κ2) is 6.05. The molecule has 1 saturated heterocycles. The van der Waals surface area contributed by atoms with Gasteiger partial charge in [0.2, 0.25) is 11.8 Å². The Bertz CT molecular complexity index is 512. The second-order valence-corrected chi connectivity index (χ2v) is 5.10. The van der Waals surface area contributed by atoms with Gasteiger partial charge in [0.1, 0.15) is 5.75 Å². The summed E-state index contributed by atoms with van der Waals surface area (Å²) in [5.74, 6) is 0.409. The van der Waals surface area contributed by atoms with Crippen LogP contribution in [0.5, 0.6) is 5.75 Å². The van der Waals surface area contributed by atoms with Crippen molar-refractivity contribution in [2.24, 2.45) is 5.73 Å². The molecule has 0 saturated carbocycles. The van der Waals surface area contributed by atoms with E-state index < -0.39 is 6.04 Å². The largest absolute Gasteiger partial charge is 0.496 e.